The summed E-state index contributed by atoms with van der Waals surface area (Å²) in [5.74, 6) is -2.10. The van der Waals surface area contributed by atoms with E-state index in [0.717, 1.165) is 12.1 Å². The molecule has 0 aliphatic carbocycles. The van der Waals surface area contributed by atoms with Gasteiger partial charge in [0.1, 0.15) is 23.9 Å². The molecule has 0 saturated heterocycles. The molecule has 0 aliphatic heterocycles. The molecule has 0 heterocycles. The van der Waals surface area contributed by atoms with Gasteiger partial charge in [-0.2, -0.15) is 29.0 Å². The summed E-state index contributed by atoms with van der Waals surface area (Å²) in [5.41, 5.74) is -2.18. The predicted molar refractivity (Wildman–Crippen MR) is 64.3 cm³/mol. The molecule has 8 heteroatoms. The largest absolute Gasteiger partial charge is 0.454 e. The number of carbonyl (C=O) groups is 1. The number of rotatable bonds is 3. The molecular weight excluding hydrogens is 285 g/mol. The number of anilines is 1. The maximum atomic E-state index is 12.5. The minimum absolute atomic E-state index is 0.320. The minimum Gasteiger partial charge on any atom is -0.345 e. The van der Waals surface area contributed by atoms with Crippen LogP contribution in [-0.4, -0.2) is 12.0 Å². The maximum absolute atomic E-state index is 12.5. The first-order valence-corrected chi connectivity index (χ1v) is 5.27. The lowest BCUT2D eigenvalue weighted by molar-refractivity contribution is -0.0884. The van der Waals surface area contributed by atoms with Crippen LogP contribution in [0.1, 0.15) is 10.4 Å². The first-order chi connectivity index (χ1) is 9.85. The van der Waals surface area contributed by atoms with Crippen LogP contribution in [0.2, 0.25) is 0 Å². The fourth-order valence-electron chi connectivity index (χ4n) is 1.36. The van der Waals surface area contributed by atoms with Gasteiger partial charge in [0.05, 0.1) is 11.3 Å². The van der Waals surface area contributed by atoms with Gasteiger partial charge in [0, 0.05) is 0 Å². The highest BCUT2D eigenvalue weighted by molar-refractivity contribution is 6.05. The third kappa shape index (κ3) is 3.59. The van der Waals surface area contributed by atoms with Crippen LogP contribution in [0, 0.1) is 34.0 Å². The van der Waals surface area contributed by atoms with Gasteiger partial charge >= 0.3 is 6.18 Å². The Labute approximate surface area is 117 Å². The van der Waals surface area contributed by atoms with Gasteiger partial charge in [0.15, 0.2) is 5.57 Å². The second-order valence-corrected chi connectivity index (χ2v) is 3.58. The Morgan fingerprint density at radius 2 is 1.62 bits per heavy atom. The summed E-state index contributed by atoms with van der Waals surface area (Å²) in [4.78, 5) is 11.3. The molecule has 21 heavy (non-hydrogen) atoms. The van der Waals surface area contributed by atoms with E-state index < -0.39 is 28.8 Å². The number of halogens is 3. The van der Waals surface area contributed by atoms with Crippen molar-refractivity contribution in [2.75, 3.05) is 5.32 Å². The smallest absolute Gasteiger partial charge is 0.345 e. The molecule has 0 saturated carbocycles. The van der Waals surface area contributed by atoms with E-state index in [4.69, 9.17) is 15.8 Å². The lowest BCUT2D eigenvalue weighted by Gasteiger charge is -2.11. The highest BCUT2D eigenvalue weighted by Crippen LogP contribution is 2.27. The van der Waals surface area contributed by atoms with Crippen LogP contribution >= 0.6 is 0 Å². The number of nitrogens with one attached hydrogen (secondary N) is 1. The molecule has 0 atom stereocenters. The summed E-state index contributed by atoms with van der Waals surface area (Å²) in [6, 6.07) is 8.95. The number of hydrogen-bond acceptors (Lipinski definition) is 5. The van der Waals surface area contributed by atoms with Gasteiger partial charge in [-0.15, -0.1) is 0 Å². The number of para-hydroxylation sites is 1. The third-order valence-electron chi connectivity index (χ3n) is 2.27. The molecule has 0 spiro atoms. The van der Waals surface area contributed by atoms with Crippen molar-refractivity contribution >= 4 is 11.5 Å². The van der Waals surface area contributed by atoms with Crippen LogP contribution in [0.15, 0.2) is 35.5 Å². The van der Waals surface area contributed by atoms with Gasteiger partial charge < -0.3 is 5.32 Å². The first kappa shape index (κ1) is 15.7. The van der Waals surface area contributed by atoms with Crippen LogP contribution in [0.3, 0.4) is 0 Å². The quantitative estimate of drug-likeness (QED) is 0.681. The molecule has 0 bridgehead atoms. The molecule has 1 N–H and O–H groups in total. The zero-order valence-electron chi connectivity index (χ0n) is 10.2. The van der Waals surface area contributed by atoms with Gasteiger partial charge in [-0.05, 0) is 12.1 Å². The average Bonchev–Trinajstić information content (AvgIpc) is 2.46. The van der Waals surface area contributed by atoms with Gasteiger partial charge in [-0.1, -0.05) is 12.1 Å². The molecule has 1 aromatic rings. The number of carbonyl (C=O) groups excluding carboxylic acids is 1. The van der Waals surface area contributed by atoms with Crippen molar-refractivity contribution in [3.8, 4) is 18.2 Å². The zero-order chi connectivity index (χ0) is 16.0. The molecule has 1 rings (SSSR count). The molecule has 0 unspecified atom stereocenters. The molecule has 104 valence electrons. The Balaban J connectivity index is 3.34. The molecule has 0 aliphatic rings. The summed E-state index contributed by atoms with van der Waals surface area (Å²) in [5, 5.41) is 28.3. The van der Waals surface area contributed by atoms with E-state index in [-0.39, 0.29) is 5.69 Å². The van der Waals surface area contributed by atoms with Crippen LogP contribution < -0.4 is 5.32 Å². The SMILES string of the molecule is N#CC(C#N)=C(C#N)Nc1ccccc1C(=O)C(F)(F)F. The maximum Gasteiger partial charge on any atom is 0.454 e. The van der Waals surface area contributed by atoms with Gasteiger partial charge in [-0.25, -0.2) is 0 Å². The standard InChI is InChI=1S/C13H5F3N4O/c14-13(15,16)12(21)9-3-1-2-4-10(9)20-11(7-19)8(5-17)6-18/h1-4,20H. The number of nitriles is 3. The van der Waals surface area contributed by atoms with Crippen molar-refractivity contribution in [1.82, 2.24) is 0 Å². The van der Waals surface area contributed by atoms with E-state index in [0.29, 0.717) is 0 Å². The summed E-state index contributed by atoms with van der Waals surface area (Å²) in [7, 11) is 0. The van der Waals surface area contributed by atoms with E-state index in [2.05, 4.69) is 5.32 Å². The Morgan fingerprint density at radius 3 is 2.10 bits per heavy atom. The van der Waals surface area contributed by atoms with Crippen molar-refractivity contribution in [3.05, 3.63) is 41.1 Å². The lowest BCUT2D eigenvalue weighted by Crippen LogP contribution is -2.23. The summed E-state index contributed by atoms with van der Waals surface area (Å²) < 4.78 is 37.4. The third-order valence-corrected chi connectivity index (χ3v) is 2.27. The Hall–Kier alpha value is -3.31. The fraction of sp³-hybridized carbons (Fsp3) is 0.0769. The predicted octanol–water partition coefficient (Wildman–Crippen LogP) is 2.67. The number of allylic oxidation sites excluding steroid dienone is 2. The van der Waals surface area contributed by atoms with Crippen LogP contribution in [0.25, 0.3) is 0 Å². The highest BCUT2D eigenvalue weighted by Gasteiger charge is 2.40. The normalized spacial score (nSPS) is 9.71. The number of alkyl halides is 3. The second-order valence-electron chi connectivity index (χ2n) is 3.58. The van der Waals surface area contributed by atoms with E-state index >= 15 is 0 Å². The van der Waals surface area contributed by atoms with Gasteiger partial charge in [0.2, 0.25) is 0 Å². The zero-order valence-corrected chi connectivity index (χ0v) is 10.2. The summed E-state index contributed by atoms with van der Waals surface area (Å²) in [6.07, 6.45) is -5.08. The van der Waals surface area contributed by atoms with E-state index in [1.807, 2.05) is 0 Å². The van der Waals surface area contributed by atoms with Crippen molar-refractivity contribution in [2.24, 2.45) is 0 Å². The van der Waals surface area contributed by atoms with Gasteiger partial charge in [0.25, 0.3) is 5.78 Å². The highest BCUT2D eigenvalue weighted by atomic mass is 19.4. The van der Waals surface area contributed by atoms with Crippen molar-refractivity contribution < 1.29 is 18.0 Å². The molecule has 0 fully saturated rings. The molecule has 0 amide bonds. The molecule has 5 nitrogen and oxygen atoms in total. The summed E-state index contributed by atoms with van der Waals surface area (Å²) >= 11 is 0. The van der Waals surface area contributed by atoms with Crippen molar-refractivity contribution in [3.63, 3.8) is 0 Å². The van der Waals surface area contributed by atoms with Crippen LogP contribution in [-0.2, 0) is 0 Å². The fourth-order valence-corrected chi connectivity index (χ4v) is 1.36. The van der Waals surface area contributed by atoms with E-state index in [1.165, 1.54) is 30.3 Å². The van der Waals surface area contributed by atoms with E-state index in [1.54, 1.807) is 0 Å². The second kappa shape index (κ2) is 6.23. The molecular formula is C13H5F3N4O. The molecule has 1 aromatic carbocycles. The molecule has 0 radical (unpaired) electrons. The van der Waals surface area contributed by atoms with Crippen molar-refractivity contribution in [1.29, 1.82) is 15.8 Å². The Kier molecular flexibility index (Phi) is 4.67. The number of nitrogens with zero attached hydrogens (tertiary/aromatic N) is 3. The van der Waals surface area contributed by atoms with Gasteiger partial charge in [-0.3, -0.25) is 4.79 Å². The Bertz CT molecular complexity index is 713. The average molecular weight is 290 g/mol. The number of ketones is 1. The molecule has 0 aromatic heterocycles. The minimum atomic E-state index is -5.08. The topological polar surface area (TPSA) is 100 Å². The van der Waals surface area contributed by atoms with Crippen LogP contribution in [0.5, 0.6) is 0 Å². The number of hydrogen-bond donors (Lipinski definition) is 1. The first-order valence-electron chi connectivity index (χ1n) is 5.27. The van der Waals surface area contributed by atoms with E-state index in [9.17, 15) is 18.0 Å². The number of benzene rings is 1. The summed E-state index contributed by atoms with van der Waals surface area (Å²) in [6.45, 7) is 0. The van der Waals surface area contributed by atoms with Crippen LogP contribution in [0.4, 0.5) is 18.9 Å². The monoisotopic (exact) mass is 290 g/mol. The van der Waals surface area contributed by atoms with Crippen molar-refractivity contribution in [2.45, 2.75) is 6.18 Å². The Morgan fingerprint density at radius 1 is 1.05 bits per heavy atom. The lowest BCUT2D eigenvalue weighted by atomic mass is 10.1. The number of Topliss-reactive ketones (excluding diaryl/α,β-unsaturated/α-hetero) is 1.